The molecule has 1 aliphatic carbocycles. The van der Waals surface area contributed by atoms with Crippen molar-refractivity contribution < 1.29 is 13.2 Å². The van der Waals surface area contributed by atoms with Crippen LogP contribution >= 0.6 is 0 Å². The molecule has 0 radical (unpaired) electrons. The van der Waals surface area contributed by atoms with Crippen molar-refractivity contribution in [2.75, 3.05) is 0 Å². The maximum Gasteiger partial charge on any atom is 0.417 e. The lowest BCUT2D eigenvalue weighted by molar-refractivity contribution is -0.137. The fraction of sp³-hybridized carbons (Fsp3) is 0.0800. The molecule has 0 fully saturated rings. The fourth-order valence-corrected chi connectivity index (χ4v) is 4.09. The van der Waals surface area contributed by atoms with E-state index in [0.29, 0.717) is 22.9 Å². The number of hydrogen-bond acceptors (Lipinski definition) is 1. The summed E-state index contributed by atoms with van der Waals surface area (Å²) in [6.07, 6.45) is 5.18. The Hall–Kier alpha value is -3.40. The summed E-state index contributed by atoms with van der Waals surface area (Å²) < 4.78 is 42.3. The number of benzene rings is 3. The Kier molecular flexibility index (Phi) is 4.02. The molecule has 3 aromatic carbocycles. The van der Waals surface area contributed by atoms with Gasteiger partial charge in [0, 0.05) is 17.0 Å². The van der Waals surface area contributed by atoms with E-state index in [1.807, 2.05) is 60.7 Å². The smallest absolute Gasteiger partial charge is 0.256 e. The summed E-state index contributed by atoms with van der Waals surface area (Å²) in [6.45, 7) is 0. The van der Waals surface area contributed by atoms with Crippen molar-refractivity contribution in [3.8, 4) is 22.3 Å². The van der Waals surface area contributed by atoms with Gasteiger partial charge in [-0.1, -0.05) is 66.8 Å². The Bertz CT molecular complexity index is 1300. The van der Waals surface area contributed by atoms with Crippen molar-refractivity contribution in [2.45, 2.75) is 12.6 Å². The maximum absolute atomic E-state index is 14.1. The molecule has 1 heterocycles. The Labute approximate surface area is 165 Å². The predicted molar refractivity (Wildman–Crippen MR) is 110 cm³/mol. The lowest BCUT2D eigenvalue weighted by Crippen LogP contribution is -2.33. The molecule has 142 valence electrons. The van der Waals surface area contributed by atoms with Crippen LogP contribution in [0, 0.1) is 0 Å². The van der Waals surface area contributed by atoms with E-state index in [4.69, 9.17) is 0 Å². The molecule has 1 nitrogen and oxygen atoms in total. The highest BCUT2D eigenvalue weighted by Crippen LogP contribution is 2.40. The maximum atomic E-state index is 14.1. The summed E-state index contributed by atoms with van der Waals surface area (Å²) in [4.78, 5) is 4.48. The van der Waals surface area contributed by atoms with E-state index in [-0.39, 0.29) is 5.56 Å². The second kappa shape index (κ2) is 6.59. The topological polar surface area (TPSA) is 12.4 Å². The Morgan fingerprint density at radius 1 is 0.862 bits per heavy atom. The van der Waals surface area contributed by atoms with Gasteiger partial charge in [0.15, 0.2) is 0 Å². The molecule has 0 amide bonds. The number of hydrogen-bond donors (Lipinski definition) is 0. The SMILES string of the molecule is FC(F)(F)c1cc2c(c3c1-c1cccc(-c4ccccc4)c1C=CN=3)=CCC=C2. The van der Waals surface area contributed by atoms with E-state index in [9.17, 15) is 13.2 Å². The summed E-state index contributed by atoms with van der Waals surface area (Å²) in [6, 6.07) is 16.4. The summed E-state index contributed by atoms with van der Waals surface area (Å²) in [7, 11) is 0. The number of halogens is 3. The van der Waals surface area contributed by atoms with Crippen molar-refractivity contribution in [1.29, 1.82) is 0 Å². The van der Waals surface area contributed by atoms with Gasteiger partial charge in [-0.15, -0.1) is 0 Å². The Balaban J connectivity index is 1.91. The van der Waals surface area contributed by atoms with Crippen LogP contribution in [0.1, 0.15) is 23.1 Å². The molecule has 3 aromatic rings. The Morgan fingerprint density at radius 2 is 1.66 bits per heavy atom. The lowest BCUT2D eigenvalue weighted by Gasteiger charge is -2.18. The van der Waals surface area contributed by atoms with E-state index in [1.165, 1.54) is 6.07 Å². The molecule has 2 aliphatic rings. The van der Waals surface area contributed by atoms with Crippen LogP contribution in [-0.4, -0.2) is 0 Å². The van der Waals surface area contributed by atoms with Crippen molar-refractivity contribution in [3.63, 3.8) is 0 Å². The van der Waals surface area contributed by atoms with Gasteiger partial charge in [-0.3, -0.25) is 4.99 Å². The highest BCUT2D eigenvalue weighted by Gasteiger charge is 2.36. The monoisotopic (exact) mass is 387 g/mol. The minimum Gasteiger partial charge on any atom is -0.256 e. The van der Waals surface area contributed by atoms with Crippen molar-refractivity contribution in [1.82, 2.24) is 0 Å². The molecule has 0 bridgehead atoms. The van der Waals surface area contributed by atoms with Crippen LogP contribution in [0.5, 0.6) is 0 Å². The molecule has 0 saturated carbocycles. The first-order valence-corrected chi connectivity index (χ1v) is 9.38. The molecule has 1 aliphatic heterocycles. The van der Waals surface area contributed by atoms with E-state index in [1.54, 1.807) is 18.3 Å². The third kappa shape index (κ3) is 2.92. The van der Waals surface area contributed by atoms with Crippen LogP contribution in [0.2, 0.25) is 0 Å². The minimum absolute atomic E-state index is 0.153. The molecule has 29 heavy (non-hydrogen) atoms. The minimum atomic E-state index is -4.48. The normalized spacial score (nSPS) is 14.2. The largest absolute Gasteiger partial charge is 0.417 e. The first kappa shape index (κ1) is 17.7. The van der Waals surface area contributed by atoms with Crippen LogP contribution in [0.25, 0.3) is 40.5 Å². The van der Waals surface area contributed by atoms with Gasteiger partial charge in [-0.05, 0) is 46.4 Å². The molecule has 0 aromatic heterocycles. The van der Waals surface area contributed by atoms with Crippen molar-refractivity contribution in [3.05, 3.63) is 94.1 Å². The fourth-order valence-electron chi connectivity index (χ4n) is 4.09. The lowest BCUT2D eigenvalue weighted by atomic mass is 9.87. The van der Waals surface area contributed by atoms with Crippen LogP contribution in [0.15, 0.2) is 71.9 Å². The molecule has 4 heteroatoms. The number of alkyl halides is 3. The molecule has 0 atom stereocenters. The molecule has 0 saturated heterocycles. The standard InChI is InChI=1S/C25H16F3N/c26-25(27,28)22-15-17-9-4-5-10-19(17)24-23(22)21-12-6-11-18(20(21)13-14-29-24)16-7-2-1-3-8-16/h1-4,6-15H,5H2. The van der Waals surface area contributed by atoms with E-state index < -0.39 is 11.7 Å². The van der Waals surface area contributed by atoms with Gasteiger partial charge < -0.3 is 0 Å². The van der Waals surface area contributed by atoms with Crippen LogP contribution in [0.4, 0.5) is 13.2 Å². The molecule has 5 rings (SSSR count). The van der Waals surface area contributed by atoms with Gasteiger partial charge in [0.2, 0.25) is 0 Å². The van der Waals surface area contributed by atoms with Gasteiger partial charge in [0.05, 0.1) is 10.9 Å². The zero-order valence-electron chi connectivity index (χ0n) is 15.4. The van der Waals surface area contributed by atoms with Crippen molar-refractivity contribution in [2.24, 2.45) is 4.99 Å². The van der Waals surface area contributed by atoms with Crippen LogP contribution in [0.3, 0.4) is 0 Å². The number of fused-ring (bicyclic) bond motifs is 5. The summed E-state index contributed by atoms with van der Waals surface area (Å²) in [5, 5.41) is 1.15. The van der Waals surface area contributed by atoms with Crippen molar-refractivity contribution >= 4 is 18.2 Å². The average molecular weight is 387 g/mol. The molecular formula is C25H16F3N. The van der Waals surface area contributed by atoms with Gasteiger partial charge in [-0.25, -0.2) is 0 Å². The van der Waals surface area contributed by atoms with Gasteiger partial charge in [0.25, 0.3) is 0 Å². The van der Waals surface area contributed by atoms with E-state index >= 15 is 0 Å². The highest BCUT2D eigenvalue weighted by atomic mass is 19.4. The average Bonchev–Trinajstić information content (AvgIpc) is 2.93. The summed E-state index contributed by atoms with van der Waals surface area (Å²) in [5.74, 6) is 0. The predicted octanol–water partition coefficient (Wildman–Crippen LogP) is 5.84. The van der Waals surface area contributed by atoms with E-state index in [2.05, 4.69) is 4.99 Å². The second-order valence-corrected chi connectivity index (χ2v) is 7.07. The Morgan fingerprint density at radius 3 is 2.45 bits per heavy atom. The van der Waals surface area contributed by atoms with Gasteiger partial charge in [-0.2, -0.15) is 13.2 Å². The molecule has 0 unspecified atom stereocenters. The van der Waals surface area contributed by atoms with E-state index in [0.717, 1.165) is 21.9 Å². The first-order valence-electron chi connectivity index (χ1n) is 9.38. The number of nitrogens with zero attached hydrogens (tertiary/aromatic N) is 1. The quantitative estimate of drug-likeness (QED) is 0.497. The zero-order chi connectivity index (χ0) is 20.0. The molecule has 0 spiro atoms. The first-order chi connectivity index (χ1) is 14.0. The second-order valence-electron chi connectivity index (χ2n) is 7.07. The molecular weight excluding hydrogens is 371 g/mol. The van der Waals surface area contributed by atoms with Crippen LogP contribution in [-0.2, 0) is 6.18 Å². The number of allylic oxidation sites excluding steroid dienone is 1. The highest BCUT2D eigenvalue weighted by molar-refractivity contribution is 5.88. The summed E-state index contributed by atoms with van der Waals surface area (Å²) >= 11 is 0. The number of rotatable bonds is 1. The third-order valence-corrected chi connectivity index (χ3v) is 5.34. The van der Waals surface area contributed by atoms with Gasteiger partial charge in [0.1, 0.15) is 0 Å². The third-order valence-electron chi connectivity index (χ3n) is 5.34. The van der Waals surface area contributed by atoms with Gasteiger partial charge >= 0.3 is 6.18 Å². The van der Waals surface area contributed by atoms with Crippen LogP contribution < -0.4 is 10.6 Å². The zero-order valence-corrected chi connectivity index (χ0v) is 15.4. The summed E-state index contributed by atoms with van der Waals surface area (Å²) in [5.41, 5.74) is 3.21. The molecule has 0 N–H and O–H groups in total.